The Bertz CT molecular complexity index is 1160. The molecule has 1 aliphatic heterocycles. The number of anilines is 2. The summed E-state index contributed by atoms with van der Waals surface area (Å²) in [4.78, 5) is 28.5. The highest BCUT2D eigenvalue weighted by molar-refractivity contribution is 6.31. The Kier molecular flexibility index (Phi) is 6.27. The SMILES string of the molecule is CCOc1cc([C@@H]2CC(=O)Nc3ncnn32)ccc1OCC(=O)Nc1cccc(Cl)c1C. The molecule has 0 saturated heterocycles. The average molecular weight is 456 g/mol. The number of fused-ring (bicyclic) bond motifs is 1. The number of ether oxygens (including phenoxy) is 2. The lowest BCUT2D eigenvalue weighted by Gasteiger charge is -2.24. The minimum absolute atomic E-state index is 0.137. The lowest BCUT2D eigenvalue weighted by molar-refractivity contribution is -0.118. The molecule has 2 N–H and O–H groups in total. The Morgan fingerprint density at radius 3 is 2.94 bits per heavy atom. The van der Waals surface area contributed by atoms with Crippen LogP contribution in [0.2, 0.25) is 5.02 Å². The Balaban J connectivity index is 1.50. The molecule has 2 amide bonds. The van der Waals surface area contributed by atoms with Crippen molar-refractivity contribution in [3.63, 3.8) is 0 Å². The second-order valence-electron chi connectivity index (χ2n) is 7.18. The maximum Gasteiger partial charge on any atom is 0.262 e. The van der Waals surface area contributed by atoms with E-state index in [1.54, 1.807) is 35.0 Å². The minimum atomic E-state index is -0.321. The highest BCUT2D eigenvalue weighted by Gasteiger charge is 2.28. The maximum atomic E-state index is 12.4. The number of rotatable bonds is 7. The van der Waals surface area contributed by atoms with E-state index in [-0.39, 0.29) is 30.9 Å². The highest BCUT2D eigenvalue weighted by atomic mass is 35.5. The average Bonchev–Trinajstić information content (AvgIpc) is 3.24. The van der Waals surface area contributed by atoms with Gasteiger partial charge >= 0.3 is 0 Å². The monoisotopic (exact) mass is 455 g/mol. The van der Waals surface area contributed by atoms with Gasteiger partial charge in [-0.2, -0.15) is 10.1 Å². The van der Waals surface area contributed by atoms with E-state index in [4.69, 9.17) is 21.1 Å². The van der Waals surface area contributed by atoms with Crippen LogP contribution in [0, 0.1) is 6.92 Å². The van der Waals surface area contributed by atoms with Crippen LogP contribution in [0.3, 0.4) is 0 Å². The number of halogens is 1. The third-order valence-electron chi connectivity index (χ3n) is 5.05. The summed E-state index contributed by atoms with van der Waals surface area (Å²) in [6.07, 6.45) is 1.62. The van der Waals surface area contributed by atoms with Gasteiger partial charge in [-0.05, 0) is 49.2 Å². The molecule has 0 bridgehead atoms. The fraction of sp³-hybridized carbons (Fsp3) is 0.273. The summed E-state index contributed by atoms with van der Waals surface area (Å²) in [5.74, 6) is 0.842. The van der Waals surface area contributed by atoms with Crippen molar-refractivity contribution in [3.8, 4) is 11.5 Å². The number of hydrogen-bond acceptors (Lipinski definition) is 6. The molecule has 0 radical (unpaired) electrons. The molecule has 0 aliphatic carbocycles. The number of nitrogens with zero attached hydrogens (tertiary/aromatic N) is 3. The molecule has 1 atom stereocenters. The van der Waals surface area contributed by atoms with Crippen molar-refractivity contribution in [1.82, 2.24) is 14.8 Å². The second-order valence-corrected chi connectivity index (χ2v) is 7.59. The Hall–Kier alpha value is -3.59. The first-order chi connectivity index (χ1) is 15.5. The molecule has 0 unspecified atom stereocenters. The third-order valence-corrected chi connectivity index (χ3v) is 5.46. The standard InChI is InChI=1S/C22H22ClN5O4/c1-3-31-19-9-14(17-10-20(29)27-22-24-12-25-28(17)22)7-8-18(19)32-11-21(30)26-16-6-4-5-15(23)13(16)2/h4-9,12,17H,3,10-11H2,1-2H3,(H,26,30)(H,24,25,27,29)/t17-/m0/s1. The van der Waals surface area contributed by atoms with E-state index in [1.807, 2.05) is 19.9 Å². The lowest BCUT2D eigenvalue weighted by atomic mass is 10.0. The summed E-state index contributed by atoms with van der Waals surface area (Å²) in [6.45, 7) is 3.89. The fourth-order valence-electron chi connectivity index (χ4n) is 3.46. The predicted octanol–water partition coefficient (Wildman–Crippen LogP) is 3.59. The highest BCUT2D eigenvalue weighted by Crippen LogP contribution is 2.35. The molecule has 2 heterocycles. The largest absolute Gasteiger partial charge is 0.490 e. The summed E-state index contributed by atoms with van der Waals surface area (Å²) in [5.41, 5.74) is 2.23. The van der Waals surface area contributed by atoms with Gasteiger partial charge in [-0.1, -0.05) is 23.7 Å². The Morgan fingerprint density at radius 1 is 1.28 bits per heavy atom. The molecule has 9 nitrogen and oxygen atoms in total. The first-order valence-corrected chi connectivity index (χ1v) is 10.5. The summed E-state index contributed by atoms with van der Waals surface area (Å²) >= 11 is 6.10. The van der Waals surface area contributed by atoms with Crippen molar-refractivity contribution in [1.29, 1.82) is 0 Å². The van der Waals surface area contributed by atoms with Crippen molar-refractivity contribution >= 4 is 35.1 Å². The van der Waals surface area contributed by atoms with Crippen LogP contribution >= 0.6 is 11.6 Å². The number of carbonyl (C=O) groups excluding carboxylic acids is 2. The number of amides is 2. The van der Waals surface area contributed by atoms with Crippen LogP contribution in [0.5, 0.6) is 11.5 Å². The van der Waals surface area contributed by atoms with Gasteiger partial charge in [0, 0.05) is 10.7 Å². The van der Waals surface area contributed by atoms with Crippen molar-refractivity contribution < 1.29 is 19.1 Å². The van der Waals surface area contributed by atoms with Crippen LogP contribution in [0.15, 0.2) is 42.7 Å². The summed E-state index contributed by atoms with van der Waals surface area (Å²) < 4.78 is 13.1. The van der Waals surface area contributed by atoms with E-state index < -0.39 is 0 Å². The molecule has 1 aromatic heterocycles. The summed E-state index contributed by atoms with van der Waals surface area (Å²) in [6, 6.07) is 10.3. The third kappa shape index (κ3) is 4.52. The summed E-state index contributed by atoms with van der Waals surface area (Å²) in [7, 11) is 0. The van der Waals surface area contributed by atoms with Crippen molar-refractivity contribution in [2.45, 2.75) is 26.3 Å². The molecule has 3 aromatic rings. The molecule has 0 saturated carbocycles. The minimum Gasteiger partial charge on any atom is -0.490 e. The van der Waals surface area contributed by atoms with Crippen LogP contribution < -0.4 is 20.1 Å². The molecular formula is C22H22ClN5O4. The van der Waals surface area contributed by atoms with E-state index in [0.717, 1.165) is 11.1 Å². The zero-order valence-corrected chi connectivity index (χ0v) is 18.3. The van der Waals surface area contributed by atoms with Crippen LogP contribution in [0.4, 0.5) is 11.6 Å². The van der Waals surface area contributed by atoms with Gasteiger partial charge in [0.05, 0.1) is 19.1 Å². The van der Waals surface area contributed by atoms with E-state index in [9.17, 15) is 9.59 Å². The van der Waals surface area contributed by atoms with Gasteiger partial charge in [-0.15, -0.1) is 0 Å². The molecule has 0 spiro atoms. The van der Waals surface area contributed by atoms with E-state index in [0.29, 0.717) is 34.8 Å². The Labute approximate surface area is 189 Å². The molecule has 4 rings (SSSR count). The lowest BCUT2D eigenvalue weighted by Crippen LogP contribution is -2.29. The molecule has 32 heavy (non-hydrogen) atoms. The number of nitrogens with one attached hydrogen (secondary N) is 2. The van der Waals surface area contributed by atoms with Crippen molar-refractivity contribution in [2.24, 2.45) is 0 Å². The molecule has 2 aromatic carbocycles. The van der Waals surface area contributed by atoms with Gasteiger partial charge in [0.2, 0.25) is 11.9 Å². The second kappa shape index (κ2) is 9.27. The van der Waals surface area contributed by atoms with E-state index in [1.165, 1.54) is 6.33 Å². The smallest absolute Gasteiger partial charge is 0.262 e. The number of carbonyl (C=O) groups is 2. The van der Waals surface area contributed by atoms with E-state index >= 15 is 0 Å². The molecule has 166 valence electrons. The van der Waals surface area contributed by atoms with Gasteiger partial charge in [0.25, 0.3) is 5.91 Å². The first-order valence-electron chi connectivity index (χ1n) is 10.1. The van der Waals surface area contributed by atoms with Crippen LogP contribution in [0.25, 0.3) is 0 Å². The summed E-state index contributed by atoms with van der Waals surface area (Å²) in [5, 5.41) is 10.3. The van der Waals surface area contributed by atoms with Crippen molar-refractivity contribution in [3.05, 3.63) is 58.9 Å². The molecule has 10 heteroatoms. The maximum absolute atomic E-state index is 12.4. The van der Waals surface area contributed by atoms with Gasteiger partial charge < -0.3 is 14.8 Å². The van der Waals surface area contributed by atoms with Crippen LogP contribution in [-0.4, -0.2) is 39.8 Å². The zero-order valence-electron chi connectivity index (χ0n) is 17.6. The topological polar surface area (TPSA) is 107 Å². The number of benzene rings is 2. The van der Waals surface area contributed by atoms with Gasteiger partial charge in [0.15, 0.2) is 18.1 Å². The van der Waals surface area contributed by atoms with Crippen LogP contribution in [0.1, 0.15) is 30.5 Å². The van der Waals surface area contributed by atoms with Gasteiger partial charge in [0.1, 0.15) is 6.33 Å². The van der Waals surface area contributed by atoms with E-state index in [2.05, 4.69) is 20.7 Å². The Morgan fingerprint density at radius 2 is 2.12 bits per heavy atom. The fourth-order valence-corrected chi connectivity index (χ4v) is 3.63. The normalized spacial score (nSPS) is 15.0. The first kappa shape index (κ1) is 21.6. The van der Waals surface area contributed by atoms with Gasteiger partial charge in [-0.3, -0.25) is 14.9 Å². The van der Waals surface area contributed by atoms with Gasteiger partial charge in [-0.25, -0.2) is 4.68 Å². The van der Waals surface area contributed by atoms with Crippen LogP contribution in [-0.2, 0) is 9.59 Å². The molecule has 1 aliphatic rings. The van der Waals surface area contributed by atoms with Crippen molar-refractivity contribution in [2.75, 3.05) is 23.8 Å². The molecular weight excluding hydrogens is 434 g/mol. The zero-order chi connectivity index (χ0) is 22.7. The number of aromatic nitrogens is 3. The quantitative estimate of drug-likeness (QED) is 0.563. The predicted molar refractivity (Wildman–Crippen MR) is 119 cm³/mol. The molecule has 0 fully saturated rings. The number of hydrogen-bond donors (Lipinski definition) is 2.